The molecule has 0 bridgehead atoms. The molecular formula is C13H25N3O6. The quantitative estimate of drug-likeness (QED) is 0.293. The zero-order valence-corrected chi connectivity index (χ0v) is 12.2. The summed E-state index contributed by atoms with van der Waals surface area (Å²) in [6, 6.07) is -0.772. The molecule has 0 radical (unpaired) electrons. The first kappa shape index (κ1) is 17.7. The SMILES string of the molecule is C=NC1C[C@H](N)[C@@H](O[C@H]2OC(CN)[C@H](O)[C@@H](O)[C@@H]2O)C[C@@H]1O. The normalized spacial score (nSPS) is 49.8. The first-order valence-corrected chi connectivity index (χ1v) is 7.33. The van der Waals surface area contributed by atoms with Crippen LogP contribution in [0.2, 0.25) is 0 Å². The van der Waals surface area contributed by atoms with Crippen molar-refractivity contribution in [2.45, 2.75) is 67.8 Å². The second kappa shape index (κ2) is 7.28. The molecule has 0 aromatic rings. The molecule has 1 saturated carbocycles. The van der Waals surface area contributed by atoms with Gasteiger partial charge >= 0.3 is 0 Å². The molecule has 9 nitrogen and oxygen atoms in total. The van der Waals surface area contributed by atoms with Crippen molar-refractivity contribution < 1.29 is 29.9 Å². The second-order valence-electron chi connectivity index (χ2n) is 5.88. The van der Waals surface area contributed by atoms with E-state index in [-0.39, 0.29) is 19.0 Å². The Balaban J connectivity index is 2.01. The van der Waals surface area contributed by atoms with Gasteiger partial charge in [0.05, 0.1) is 18.2 Å². The molecule has 8 N–H and O–H groups in total. The summed E-state index contributed by atoms with van der Waals surface area (Å²) < 4.78 is 11.0. The fourth-order valence-electron chi connectivity index (χ4n) is 2.91. The van der Waals surface area contributed by atoms with E-state index < -0.39 is 49.0 Å². The van der Waals surface area contributed by atoms with Gasteiger partial charge in [-0.1, -0.05) is 0 Å². The summed E-state index contributed by atoms with van der Waals surface area (Å²) >= 11 is 0. The number of nitrogens with two attached hydrogens (primary N) is 2. The van der Waals surface area contributed by atoms with E-state index in [4.69, 9.17) is 20.9 Å². The summed E-state index contributed by atoms with van der Waals surface area (Å²) in [6.07, 6.45) is -6.90. The lowest BCUT2D eigenvalue weighted by Crippen LogP contribution is -2.62. The number of aliphatic hydroxyl groups excluding tert-OH is 4. The third-order valence-corrected chi connectivity index (χ3v) is 4.35. The minimum absolute atomic E-state index is 0.0351. The van der Waals surface area contributed by atoms with Crippen molar-refractivity contribution in [2.75, 3.05) is 6.54 Å². The van der Waals surface area contributed by atoms with Gasteiger partial charge in [-0.2, -0.15) is 0 Å². The minimum Gasteiger partial charge on any atom is -0.391 e. The van der Waals surface area contributed by atoms with E-state index in [0.29, 0.717) is 6.42 Å². The summed E-state index contributed by atoms with van der Waals surface area (Å²) in [7, 11) is 0. The smallest absolute Gasteiger partial charge is 0.186 e. The van der Waals surface area contributed by atoms with Crippen molar-refractivity contribution in [2.24, 2.45) is 16.5 Å². The van der Waals surface area contributed by atoms with Crippen molar-refractivity contribution in [1.82, 2.24) is 0 Å². The molecule has 9 atom stereocenters. The molecule has 0 aromatic heterocycles. The van der Waals surface area contributed by atoms with Gasteiger partial charge in [0.2, 0.25) is 0 Å². The van der Waals surface area contributed by atoms with Crippen LogP contribution in [0.4, 0.5) is 0 Å². The summed E-state index contributed by atoms with van der Waals surface area (Å²) in [4.78, 5) is 3.82. The molecule has 9 heteroatoms. The van der Waals surface area contributed by atoms with Crippen molar-refractivity contribution in [3.05, 3.63) is 0 Å². The largest absolute Gasteiger partial charge is 0.391 e. The van der Waals surface area contributed by atoms with Crippen molar-refractivity contribution in [3.63, 3.8) is 0 Å². The number of hydrogen-bond acceptors (Lipinski definition) is 9. The Kier molecular flexibility index (Phi) is 5.86. The molecule has 0 aromatic carbocycles. The maximum Gasteiger partial charge on any atom is 0.186 e. The Morgan fingerprint density at radius 1 is 1.14 bits per heavy atom. The van der Waals surface area contributed by atoms with E-state index in [1.165, 1.54) is 0 Å². The second-order valence-corrected chi connectivity index (χ2v) is 5.88. The van der Waals surface area contributed by atoms with Gasteiger partial charge in [-0.15, -0.1) is 0 Å². The van der Waals surface area contributed by atoms with Crippen LogP contribution in [-0.2, 0) is 9.47 Å². The lowest BCUT2D eigenvalue weighted by atomic mass is 9.87. The van der Waals surface area contributed by atoms with Gasteiger partial charge in [-0.3, -0.25) is 4.99 Å². The van der Waals surface area contributed by atoms with Crippen molar-refractivity contribution >= 4 is 6.72 Å². The van der Waals surface area contributed by atoms with Gasteiger partial charge < -0.3 is 41.4 Å². The molecule has 0 spiro atoms. The third kappa shape index (κ3) is 3.47. The van der Waals surface area contributed by atoms with Gasteiger partial charge in [-0.05, 0) is 13.1 Å². The van der Waals surface area contributed by atoms with Crippen LogP contribution >= 0.6 is 0 Å². The first-order valence-electron chi connectivity index (χ1n) is 7.33. The number of aliphatic imine (C=N–C) groups is 1. The Bertz CT molecular complexity index is 385. The van der Waals surface area contributed by atoms with E-state index in [2.05, 4.69) is 11.7 Å². The molecular weight excluding hydrogens is 294 g/mol. The summed E-state index contributed by atoms with van der Waals surface area (Å²) in [5, 5.41) is 39.5. The molecule has 2 unspecified atom stereocenters. The predicted octanol–water partition coefficient (Wildman–Crippen LogP) is -3.31. The number of ether oxygens (including phenoxy) is 2. The van der Waals surface area contributed by atoms with Crippen LogP contribution in [0.1, 0.15) is 12.8 Å². The van der Waals surface area contributed by atoms with Gasteiger partial charge in [-0.25, -0.2) is 0 Å². The zero-order valence-electron chi connectivity index (χ0n) is 12.2. The number of rotatable bonds is 4. The lowest BCUT2D eigenvalue weighted by Gasteiger charge is -2.43. The van der Waals surface area contributed by atoms with Gasteiger partial charge in [0.1, 0.15) is 24.4 Å². The van der Waals surface area contributed by atoms with Crippen LogP contribution in [0.15, 0.2) is 4.99 Å². The Hall–Kier alpha value is -0.650. The molecule has 1 heterocycles. The van der Waals surface area contributed by atoms with E-state index in [9.17, 15) is 20.4 Å². The lowest BCUT2D eigenvalue weighted by molar-refractivity contribution is -0.309. The monoisotopic (exact) mass is 319 g/mol. The highest BCUT2D eigenvalue weighted by molar-refractivity contribution is 5.25. The molecule has 1 saturated heterocycles. The zero-order chi connectivity index (χ0) is 16.4. The van der Waals surface area contributed by atoms with E-state index in [0.717, 1.165) is 0 Å². The standard InChI is InChI=1S/C13H25N3O6/c1-16-6-2-5(15)8(3-7(6)17)21-13-12(20)11(19)10(18)9(4-14)22-13/h5-13,17-20H,1-4,14-15H2/t5-,6?,7-,8-,9?,10-,11+,12-,13-/m0/s1. The third-order valence-electron chi connectivity index (χ3n) is 4.35. The maximum absolute atomic E-state index is 9.97. The van der Waals surface area contributed by atoms with E-state index in [1.807, 2.05) is 0 Å². The first-order chi connectivity index (χ1) is 10.4. The van der Waals surface area contributed by atoms with Gasteiger partial charge in [0, 0.05) is 19.0 Å². The van der Waals surface area contributed by atoms with Crippen LogP contribution < -0.4 is 11.5 Å². The molecule has 2 rings (SSSR count). The topological polar surface area (TPSA) is 164 Å². The van der Waals surface area contributed by atoms with Crippen molar-refractivity contribution in [3.8, 4) is 0 Å². The summed E-state index contributed by atoms with van der Waals surface area (Å²) in [6.45, 7) is 3.38. The molecule has 22 heavy (non-hydrogen) atoms. The van der Waals surface area contributed by atoms with Crippen LogP contribution in [0.5, 0.6) is 0 Å². The highest BCUT2D eigenvalue weighted by atomic mass is 16.7. The van der Waals surface area contributed by atoms with Crippen molar-refractivity contribution in [1.29, 1.82) is 0 Å². The summed E-state index contributed by atoms with van der Waals surface area (Å²) in [5.41, 5.74) is 11.5. The fourth-order valence-corrected chi connectivity index (χ4v) is 2.91. The Morgan fingerprint density at radius 2 is 1.82 bits per heavy atom. The molecule has 0 amide bonds. The highest BCUT2D eigenvalue weighted by Crippen LogP contribution is 2.28. The molecule has 1 aliphatic carbocycles. The molecule has 2 fully saturated rings. The van der Waals surface area contributed by atoms with Gasteiger partial charge in [0.15, 0.2) is 6.29 Å². The molecule has 1 aliphatic heterocycles. The van der Waals surface area contributed by atoms with Crippen LogP contribution in [0, 0.1) is 0 Å². The maximum atomic E-state index is 9.97. The van der Waals surface area contributed by atoms with Crippen LogP contribution in [0.25, 0.3) is 0 Å². The Labute approximate surface area is 128 Å². The minimum atomic E-state index is -1.43. The van der Waals surface area contributed by atoms with Crippen LogP contribution in [-0.4, -0.2) is 88.7 Å². The molecule has 128 valence electrons. The van der Waals surface area contributed by atoms with E-state index >= 15 is 0 Å². The number of hydrogen-bond donors (Lipinski definition) is 6. The average Bonchev–Trinajstić information content (AvgIpc) is 2.50. The average molecular weight is 319 g/mol. The van der Waals surface area contributed by atoms with Crippen LogP contribution in [0.3, 0.4) is 0 Å². The number of aliphatic hydroxyl groups is 4. The van der Waals surface area contributed by atoms with E-state index in [1.54, 1.807) is 0 Å². The summed E-state index contributed by atoms with van der Waals surface area (Å²) in [5.74, 6) is 0. The van der Waals surface area contributed by atoms with Gasteiger partial charge in [0.25, 0.3) is 0 Å². The Morgan fingerprint density at radius 3 is 2.41 bits per heavy atom. The number of nitrogens with zero attached hydrogens (tertiary/aromatic N) is 1. The highest BCUT2D eigenvalue weighted by Gasteiger charge is 2.46. The fraction of sp³-hybridized carbons (Fsp3) is 0.923. The predicted molar refractivity (Wildman–Crippen MR) is 77.2 cm³/mol. The molecule has 2 aliphatic rings.